The van der Waals surface area contributed by atoms with Gasteiger partial charge < -0.3 is 39.6 Å². The Hall–Kier alpha value is -1.50. The lowest BCUT2D eigenvalue weighted by atomic mass is 10.1. The number of thioether (sulfide) groups is 1. The van der Waals surface area contributed by atoms with Crippen LogP contribution in [0.25, 0.3) is 0 Å². The Balaban J connectivity index is 1.38. The van der Waals surface area contributed by atoms with E-state index in [4.69, 9.17) is 24.1 Å². The van der Waals surface area contributed by atoms with E-state index in [1.165, 1.54) is 68.0 Å². The van der Waals surface area contributed by atoms with E-state index in [-0.39, 0.29) is 57.0 Å². The molecule has 52 heavy (non-hydrogen) atoms. The first-order valence-corrected chi connectivity index (χ1v) is 21.1. The Bertz CT molecular complexity index is 971. The van der Waals surface area contributed by atoms with Crippen LogP contribution in [0, 0.1) is 0 Å². The second kappa shape index (κ2) is 31.8. The van der Waals surface area contributed by atoms with Crippen LogP contribution < -0.4 is 10.6 Å². The molecule has 2 fully saturated rings. The highest BCUT2D eigenvalue weighted by Gasteiger charge is 2.38. The molecule has 2 heterocycles. The number of thiol groups is 1. The number of nitrogens with one attached hydrogen (secondary N) is 2. The molecule has 0 spiro atoms. The number of aliphatic carboxylic acids is 1. The lowest BCUT2D eigenvalue weighted by molar-refractivity contribution is -0.139. The molecule has 0 aromatic rings. The van der Waals surface area contributed by atoms with E-state index in [0.29, 0.717) is 46.1 Å². The van der Waals surface area contributed by atoms with Crippen molar-refractivity contribution in [3.8, 4) is 0 Å². The fourth-order valence-corrected chi connectivity index (χ4v) is 7.28. The zero-order valence-electron chi connectivity index (χ0n) is 31.4. The molecule has 0 aliphatic carbocycles. The summed E-state index contributed by atoms with van der Waals surface area (Å²) >= 11 is 5.75. The zero-order valence-corrected chi connectivity index (χ0v) is 33.1. The highest BCUT2D eigenvalue weighted by Crippen LogP contribution is 2.25. The highest BCUT2D eigenvalue weighted by atomic mass is 32.2. The first kappa shape index (κ1) is 46.7. The van der Waals surface area contributed by atoms with Gasteiger partial charge in [0, 0.05) is 65.4 Å². The molecule has 2 aliphatic rings. The maximum atomic E-state index is 12.9. The number of hydrogen-bond donors (Lipinski definition) is 4. The first-order valence-electron chi connectivity index (χ1n) is 19.4. The fourth-order valence-electron chi connectivity index (χ4n) is 5.95. The molecule has 3 N–H and O–H groups in total. The van der Waals surface area contributed by atoms with Crippen LogP contribution in [0.2, 0.25) is 0 Å². The van der Waals surface area contributed by atoms with Crippen molar-refractivity contribution >= 4 is 48.1 Å². The average Bonchev–Trinajstić information content (AvgIpc) is 3.44. The Morgan fingerprint density at radius 2 is 1.33 bits per heavy atom. The summed E-state index contributed by atoms with van der Waals surface area (Å²) in [7, 11) is 0. The molecule has 0 aromatic heterocycles. The molecule has 0 saturated carbocycles. The number of imide groups is 1. The van der Waals surface area contributed by atoms with Crippen molar-refractivity contribution in [2.24, 2.45) is 0 Å². The summed E-state index contributed by atoms with van der Waals surface area (Å²) < 4.78 is 22.0. The molecule has 0 aromatic carbocycles. The molecule has 1 atom stereocenters. The van der Waals surface area contributed by atoms with E-state index in [0.717, 1.165) is 63.7 Å². The lowest BCUT2D eigenvalue weighted by Crippen LogP contribution is -2.40. The Morgan fingerprint density at radius 3 is 1.98 bits per heavy atom. The van der Waals surface area contributed by atoms with E-state index in [9.17, 15) is 19.2 Å². The van der Waals surface area contributed by atoms with Gasteiger partial charge in [-0.25, -0.2) is 0 Å². The van der Waals surface area contributed by atoms with E-state index in [1.807, 2.05) is 4.90 Å². The van der Waals surface area contributed by atoms with Gasteiger partial charge in [-0.15, -0.1) is 11.8 Å². The fraction of sp³-hybridized carbons (Fsp3) is 0.889. The summed E-state index contributed by atoms with van der Waals surface area (Å²) in [5, 5.41) is 14.8. The number of rotatable bonds is 32. The molecular formula is C36H67N5O9S2. The van der Waals surface area contributed by atoms with Crippen LogP contribution in [-0.4, -0.2) is 179 Å². The zero-order chi connectivity index (χ0) is 37.5. The summed E-state index contributed by atoms with van der Waals surface area (Å²) in [6.45, 7) is 9.21. The Morgan fingerprint density at radius 1 is 0.750 bits per heavy atom. The van der Waals surface area contributed by atoms with Gasteiger partial charge in [0.05, 0.1) is 51.4 Å². The van der Waals surface area contributed by atoms with E-state index in [1.54, 1.807) is 0 Å². The Kier molecular flexibility index (Phi) is 28.5. The normalized spacial score (nSPS) is 17.7. The number of hydrogen-bond acceptors (Lipinski definition) is 13. The minimum absolute atomic E-state index is 0.0408. The molecule has 16 heteroatoms. The molecule has 14 nitrogen and oxygen atoms in total. The summed E-state index contributed by atoms with van der Waals surface area (Å²) in [6.07, 6.45) is 12.5. The van der Waals surface area contributed by atoms with Crippen molar-refractivity contribution < 1.29 is 43.2 Å². The van der Waals surface area contributed by atoms with Gasteiger partial charge in [-0.05, 0) is 37.3 Å². The number of unbranched alkanes of at least 4 members (excludes halogenated alkanes) is 8. The molecule has 1 unspecified atom stereocenters. The number of ether oxygens (including phenoxy) is 4. The summed E-state index contributed by atoms with van der Waals surface area (Å²) in [5.74, 6) is 0.205. The second-order valence-electron chi connectivity index (χ2n) is 13.2. The van der Waals surface area contributed by atoms with Gasteiger partial charge in [-0.2, -0.15) is 12.6 Å². The second-order valence-corrected chi connectivity index (χ2v) is 15.0. The number of carbonyl (C=O) groups is 4. The van der Waals surface area contributed by atoms with Crippen LogP contribution in [0.5, 0.6) is 0 Å². The molecule has 2 saturated heterocycles. The quantitative estimate of drug-likeness (QED) is 0.0448. The third-order valence-electron chi connectivity index (χ3n) is 8.89. The maximum absolute atomic E-state index is 12.9. The maximum Gasteiger partial charge on any atom is 0.317 e. The third kappa shape index (κ3) is 24.0. The summed E-state index contributed by atoms with van der Waals surface area (Å²) in [6, 6.07) is 0. The van der Waals surface area contributed by atoms with Crippen LogP contribution in [0.15, 0.2) is 0 Å². The Labute approximate surface area is 321 Å². The third-order valence-corrected chi connectivity index (χ3v) is 10.5. The largest absolute Gasteiger partial charge is 0.480 e. The molecule has 2 aliphatic heterocycles. The minimum atomic E-state index is -0.816. The number of likely N-dealkylation sites (tertiary alicyclic amines) is 1. The van der Waals surface area contributed by atoms with Gasteiger partial charge in [-0.1, -0.05) is 44.9 Å². The van der Waals surface area contributed by atoms with E-state index >= 15 is 0 Å². The number of carboxylic acids is 1. The van der Waals surface area contributed by atoms with E-state index in [2.05, 4.69) is 28.2 Å². The van der Waals surface area contributed by atoms with Crippen molar-refractivity contribution in [1.29, 1.82) is 0 Å². The minimum Gasteiger partial charge on any atom is -0.480 e. The number of carbonyl (C=O) groups excluding carboxylic acids is 3. The van der Waals surface area contributed by atoms with Crippen molar-refractivity contribution in [3.05, 3.63) is 0 Å². The SMILES string of the molecule is O=C(O)CN1CCNCCN(CCCSC2CC(=O)N(CCNC(=O)COCCOCCOCCOCCCCCCCCCCCS)C2=O)CC1. The molecule has 0 bridgehead atoms. The number of amides is 3. The highest BCUT2D eigenvalue weighted by molar-refractivity contribution is 8.00. The van der Waals surface area contributed by atoms with Crippen LogP contribution in [0.3, 0.4) is 0 Å². The standard InChI is InChI=1S/C36H67N5O9S2/c42-33(31-50-26-25-49-24-23-48-22-21-47-20-8-6-4-2-1-3-5-7-9-27-51)38-13-17-41-34(43)29-32(36(41)46)52-28-10-14-39-15-11-37-12-16-40(19-18-39)30-35(44)45/h32,37,51H,1-31H2,(H,38,42)(H,44,45). The predicted molar refractivity (Wildman–Crippen MR) is 207 cm³/mol. The van der Waals surface area contributed by atoms with Crippen LogP contribution in [0.4, 0.5) is 0 Å². The van der Waals surface area contributed by atoms with Crippen LogP contribution in [0.1, 0.15) is 70.6 Å². The van der Waals surface area contributed by atoms with Crippen LogP contribution >= 0.6 is 24.4 Å². The van der Waals surface area contributed by atoms with E-state index < -0.39 is 11.2 Å². The van der Waals surface area contributed by atoms with Crippen molar-refractivity contribution in [1.82, 2.24) is 25.3 Å². The van der Waals surface area contributed by atoms with Gasteiger partial charge in [0.1, 0.15) is 6.61 Å². The number of nitrogens with zero attached hydrogens (tertiary/aromatic N) is 3. The molecule has 2 rings (SSSR count). The van der Waals surface area contributed by atoms with Gasteiger partial charge in [0.25, 0.3) is 0 Å². The predicted octanol–water partition coefficient (Wildman–Crippen LogP) is 2.15. The average molecular weight is 778 g/mol. The van der Waals surface area contributed by atoms with Crippen molar-refractivity contribution in [2.75, 3.05) is 130 Å². The molecule has 0 radical (unpaired) electrons. The monoisotopic (exact) mass is 777 g/mol. The summed E-state index contributed by atoms with van der Waals surface area (Å²) in [5.41, 5.74) is 0. The van der Waals surface area contributed by atoms with Gasteiger partial charge >= 0.3 is 5.97 Å². The smallest absolute Gasteiger partial charge is 0.317 e. The van der Waals surface area contributed by atoms with Crippen LogP contribution in [-0.2, 0) is 38.1 Å². The van der Waals surface area contributed by atoms with Crippen molar-refractivity contribution in [2.45, 2.75) is 75.9 Å². The molecule has 3 amide bonds. The van der Waals surface area contributed by atoms with Gasteiger partial charge in [0.15, 0.2) is 0 Å². The van der Waals surface area contributed by atoms with Gasteiger partial charge in [0.2, 0.25) is 17.7 Å². The lowest BCUT2D eigenvalue weighted by Gasteiger charge is -2.24. The van der Waals surface area contributed by atoms with Gasteiger partial charge in [-0.3, -0.25) is 29.0 Å². The summed E-state index contributed by atoms with van der Waals surface area (Å²) in [4.78, 5) is 54.1. The molecular weight excluding hydrogens is 711 g/mol. The number of carboxylic acid groups (broad SMARTS) is 1. The van der Waals surface area contributed by atoms with Crippen molar-refractivity contribution in [3.63, 3.8) is 0 Å². The topological polar surface area (TPSA) is 159 Å². The first-order chi connectivity index (χ1) is 25.4. The molecule has 302 valence electrons.